The molecule has 122 valence electrons. The van der Waals surface area contributed by atoms with E-state index in [1.807, 2.05) is 37.8 Å². The van der Waals surface area contributed by atoms with Crippen LogP contribution in [0.3, 0.4) is 0 Å². The van der Waals surface area contributed by atoms with Gasteiger partial charge in [0.05, 0.1) is 13.2 Å². The van der Waals surface area contributed by atoms with Crippen molar-refractivity contribution in [2.24, 2.45) is 11.1 Å². The van der Waals surface area contributed by atoms with Crippen LogP contribution in [0, 0.1) is 5.41 Å². The van der Waals surface area contributed by atoms with Gasteiger partial charge in [0.2, 0.25) is 5.91 Å². The van der Waals surface area contributed by atoms with Gasteiger partial charge in [0.25, 0.3) is 0 Å². The van der Waals surface area contributed by atoms with Gasteiger partial charge in [-0.15, -0.1) is 0 Å². The maximum absolute atomic E-state index is 12.4. The van der Waals surface area contributed by atoms with E-state index in [0.717, 1.165) is 24.7 Å². The van der Waals surface area contributed by atoms with Gasteiger partial charge in [-0.05, 0) is 11.5 Å². The summed E-state index contributed by atoms with van der Waals surface area (Å²) in [4.78, 5) is 20.8. The van der Waals surface area contributed by atoms with E-state index in [4.69, 9.17) is 10.5 Å². The molecule has 2 rings (SSSR count). The zero-order valence-corrected chi connectivity index (χ0v) is 13.9. The highest BCUT2D eigenvalue weighted by Gasteiger charge is 2.32. The lowest BCUT2D eigenvalue weighted by Gasteiger charge is -2.38. The maximum atomic E-state index is 12.4. The second-order valence-corrected chi connectivity index (χ2v) is 6.71. The fraction of sp³-hybridized carbons (Fsp3) is 0.625. The lowest BCUT2D eigenvalue weighted by Crippen LogP contribution is -2.56. The second-order valence-electron chi connectivity index (χ2n) is 6.71. The molecular weight excluding hydrogens is 280 g/mol. The fourth-order valence-electron chi connectivity index (χ4n) is 2.42. The first kappa shape index (κ1) is 16.5. The van der Waals surface area contributed by atoms with E-state index >= 15 is 0 Å². The summed E-state index contributed by atoms with van der Waals surface area (Å²) in [5.74, 6) is 1.70. The molecule has 1 aromatic rings. The Hall–Kier alpha value is -1.82. The summed E-state index contributed by atoms with van der Waals surface area (Å²) in [6.45, 7) is 8.82. The summed E-state index contributed by atoms with van der Waals surface area (Å²) in [6, 6.07) is 3.28. The SMILES string of the molecule is COc1ccnc(N2CCN(C(=O)[C@@H](N)C(C)(C)C)CC2)c1. The minimum Gasteiger partial charge on any atom is -0.497 e. The monoisotopic (exact) mass is 306 g/mol. The van der Waals surface area contributed by atoms with Gasteiger partial charge in [0.15, 0.2) is 0 Å². The van der Waals surface area contributed by atoms with Gasteiger partial charge in [0.1, 0.15) is 11.6 Å². The summed E-state index contributed by atoms with van der Waals surface area (Å²) in [5.41, 5.74) is 5.86. The number of anilines is 1. The van der Waals surface area contributed by atoms with Crippen LogP contribution in [0.15, 0.2) is 18.3 Å². The number of rotatable bonds is 3. The molecule has 1 atom stereocenters. The van der Waals surface area contributed by atoms with E-state index in [1.165, 1.54) is 0 Å². The van der Waals surface area contributed by atoms with Gasteiger partial charge in [0, 0.05) is 38.4 Å². The number of amides is 1. The van der Waals surface area contributed by atoms with Gasteiger partial charge in [-0.2, -0.15) is 0 Å². The number of piperazine rings is 1. The van der Waals surface area contributed by atoms with Crippen molar-refractivity contribution in [3.05, 3.63) is 18.3 Å². The number of carbonyl (C=O) groups is 1. The Balaban J connectivity index is 1.97. The zero-order chi connectivity index (χ0) is 16.3. The molecule has 22 heavy (non-hydrogen) atoms. The van der Waals surface area contributed by atoms with Crippen LogP contribution in [0.2, 0.25) is 0 Å². The van der Waals surface area contributed by atoms with Crippen molar-refractivity contribution >= 4 is 11.7 Å². The van der Waals surface area contributed by atoms with Gasteiger partial charge < -0.3 is 20.3 Å². The van der Waals surface area contributed by atoms with Crippen molar-refractivity contribution in [2.75, 3.05) is 38.2 Å². The third kappa shape index (κ3) is 3.68. The smallest absolute Gasteiger partial charge is 0.240 e. The van der Waals surface area contributed by atoms with E-state index in [1.54, 1.807) is 13.3 Å². The second kappa shape index (κ2) is 6.52. The van der Waals surface area contributed by atoms with Crippen LogP contribution >= 0.6 is 0 Å². The summed E-state index contributed by atoms with van der Waals surface area (Å²) < 4.78 is 5.23. The zero-order valence-electron chi connectivity index (χ0n) is 13.9. The Labute approximate surface area is 132 Å². The van der Waals surface area contributed by atoms with E-state index in [9.17, 15) is 4.79 Å². The molecule has 6 nitrogen and oxygen atoms in total. The molecule has 0 saturated carbocycles. The standard InChI is InChI=1S/C16H26N4O2/c1-16(2,3)14(17)15(21)20-9-7-19(8-10-20)13-11-12(22-4)5-6-18-13/h5-6,11,14H,7-10,17H2,1-4H3/t14-/m1/s1. The van der Waals surface area contributed by atoms with Crippen LogP contribution in [0.25, 0.3) is 0 Å². The van der Waals surface area contributed by atoms with Crippen molar-refractivity contribution in [2.45, 2.75) is 26.8 Å². The topological polar surface area (TPSA) is 71.7 Å². The van der Waals surface area contributed by atoms with Gasteiger partial charge in [-0.3, -0.25) is 4.79 Å². The molecule has 0 radical (unpaired) electrons. The molecule has 1 saturated heterocycles. The van der Waals surface area contributed by atoms with Crippen molar-refractivity contribution in [3.63, 3.8) is 0 Å². The maximum Gasteiger partial charge on any atom is 0.240 e. The highest BCUT2D eigenvalue weighted by Crippen LogP contribution is 2.22. The van der Waals surface area contributed by atoms with E-state index < -0.39 is 6.04 Å². The number of hydrogen-bond acceptors (Lipinski definition) is 5. The molecule has 0 aromatic carbocycles. The van der Waals surface area contributed by atoms with Crippen LogP contribution in [0.1, 0.15) is 20.8 Å². The Morgan fingerprint density at radius 1 is 1.32 bits per heavy atom. The van der Waals surface area contributed by atoms with Crippen LogP contribution in [-0.2, 0) is 4.79 Å². The molecule has 1 fully saturated rings. The van der Waals surface area contributed by atoms with Crippen molar-refractivity contribution in [1.82, 2.24) is 9.88 Å². The first-order valence-electron chi connectivity index (χ1n) is 7.62. The lowest BCUT2D eigenvalue weighted by molar-refractivity contribution is -0.135. The summed E-state index contributed by atoms with van der Waals surface area (Å²) in [6.07, 6.45) is 1.74. The Morgan fingerprint density at radius 3 is 2.50 bits per heavy atom. The number of nitrogens with two attached hydrogens (primary N) is 1. The van der Waals surface area contributed by atoms with Gasteiger partial charge >= 0.3 is 0 Å². The van der Waals surface area contributed by atoms with Gasteiger partial charge in [-0.1, -0.05) is 20.8 Å². The van der Waals surface area contributed by atoms with Crippen LogP contribution < -0.4 is 15.4 Å². The third-order valence-corrected chi connectivity index (χ3v) is 4.07. The summed E-state index contributed by atoms with van der Waals surface area (Å²) in [7, 11) is 1.64. The number of hydrogen-bond donors (Lipinski definition) is 1. The predicted molar refractivity (Wildman–Crippen MR) is 87.0 cm³/mol. The molecule has 0 bridgehead atoms. The van der Waals surface area contributed by atoms with Crippen molar-refractivity contribution in [1.29, 1.82) is 0 Å². The molecule has 0 unspecified atom stereocenters. The Bertz CT molecular complexity index is 519. The van der Waals surface area contributed by atoms with Crippen LogP contribution in [0.5, 0.6) is 5.75 Å². The molecule has 2 N–H and O–H groups in total. The van der Waals surface area contributed by atoms with E-state index in [2.05, 4.69) is 9.88 Å². The quantitative estimate of drug-likeness (QED) is 0.906. The third-order valence-electron chi connectivity index (χ3n) is 4.07. The number of ether oxygens (including phenoxy) is 1. The highest BCUT2D eigenvalue weighted by atomic mass is 16.5. The normalized spacial score (nSPS) is 17.3. The molecule has 1 aliphatic rings. The summed E-state index contributed by atoms with van der Waals surface area (Å²) >= 11 is 0. The Morgan fingerprint density at radius 2 is 1.95 bits per heavy atom. The van der Waals surface area contributed by atoms with Crippen molar-refractivity contribution < 1.29 is 9.53 Å². The van der Waals surface area contributed by atoms with E-state index in [0.29, 0.717) is 13.1 Å². The van der Waals surface area contributed by atoms with E-state index in [-0.39, 0.29) is 11.3 Å². The molecule has 1 aromatic heterocycles. The number of aromatic nitrogens is 1. The minimum atomic E-state index is -0.464. The molecule has 6 heteroatoms. The molecular formula is C16H26N4O2. The largest absolute Gasteiger partial charge is 0.497 e. The molecule has 1 amide bonds. The number of carbonyl (C=O) groups excluding carboxylic acids is 1. The summed E-state index contributed by atoms with van der Waals surface area (Å²) in [5, 5.41) is 0. The van der Waals surface area contributed by atoms with Crippen molar-refractivity contribution in [3.8, 4) is 5.75 Å². The molecule has 0 aliphatic carbocycles. The molecule has 2 heterocycles. The first-order valence-corrected chi connectivity index (χ1v) is 7.62. The Kier molecular flexibility index (Phi) is 4.90. The lowest BCUT2D eigenvalue weighted by atomic mass is 9.86. The number of methoxy groups -OCH3 is 1. The average Bonchev–Trinajstić information content (AvgIpc) is 2.53. The first-order chi connectivity index (χ1) is 10.3. The molecule has 1 aliphatic heterocycles. The number of pyridine rings is 1. The highest BCUT2D eigenvalue weighted by molar-refractivity contribution is 5.82. The van der Waals surface area contributed by atoms with Gasteiger partial charge in [-0.25, -0.2) is 4.98 Å². The predicted octanol–water partition coefficient (Wildman–Crippen LogP) is 1.11. The van der Waals surface area contributed by atoms with Crippen LogP contribution in [-0.4, -0.2) is 55.1 Å². The number of nitrogens with zero attached hydrogens (tertiary/aromatic N) is 3. The molecule has 0 spiro atoms. The minimum absolute atomic E-state index is 0.0331. The van der Waals surface area contributed by atoms with Crippen LogP contribution in [0.4, 0.5) is 5.82 Å². The average molecular weight is 306 g/mol. The fourth-order valence-corrected chi connectivity index (χ4v) is 2.42.